The van der Waals surface area contributed by atoms with E-state index in [0.717, 1.165) is 16.7 Å². The largest absolute Gasteiger partial charge is 0.477 e. The van der Waals surface area contributed by atoms with E-state index in [4.69, 9.17) is 5.73 Å². The zero-order chi connectivity index (χ0) is 22.8. The first kappa shape index (κ1) is 22.1. The number of carboxylic acid groups (broad SMARTS) is 1. The summed E-state index contributed by atoms with van der Waals surface area (Å²) in [5, 5.41) is 11.3. The number of fused-ring (bicyclic) bond motifs is 1. The van der Waals surface area contributed by atoms with E-state index in [0.29, 0.717) is 10.5 Å². The van der Waals surface area contributed by atoms with Gasteiger partial charge in [-0.25, -0.2) is 4.79 Å². The minimum absolute atomic E-state index is 0.0618. The number of benzene rings is 2. The minimum Gasteiger partial charge on any atom is -0.477 e. The number of nitrogens with two attached hydrogens (primary N) is 1. The van der Waals surface area contributed by atoms with E-state index in [1.807, 2.05) is 6.07 Å². The number of carboxylic acids is 1. The minimum atomic E-state index is -1.36. The number of β-lactam (4-membered cyclic amide) rings is 1. The Kier molecular flexibility index (Phi) is 6.35. The molecule has 2 aromatic rings. The molecule has 8 nitrogen and oxygen atoms in total. The van der Waals surface area contributed by atoms with Crippen LogP contribution in [0.4, 0.5) is 0 Å². The van der Waals surface area contributed by atoms with Crippen molar-refractivity contribution in [3.8, 4) is 0 Å². The molecule has 164 valence electrons. The third-order valence-corrected chi connectivity index (χ3v) is 7.33. The SMILES string of the molecule is NC(C(=O)NC1C(=O)N2C(C(=O)O)=C(C(=O)Sc3ccccc3)CS[C@@H]12)c1ccccc1. The smallest absolute Gasteiger partial charge is 0.353 e. The molecule has 0 radical (unpaired) electrons. The number of nitrogens with one attached hydrogen (secondary N) is 1. The third-order valence-electron chi connectivity index (χ3n) is 5.11. The van der Waals surface area contributed by atoms with Gasteiger partial charge in [0.2, 0.25) is 11.0 Å². The number of rotatable bonds is 6. The molecule has 10 heteroatoms. The van der Waals surface area contributed by atoms with E-state index in [-0.39, 0.29) is 17.0 Å². The summed E-state index contributed by atoms with van der Waals surface area (Å²) in [6, 6.07) is 15.7. The molecule has 32 heavy (non-hydrogen) atoms. The van der Waals surface area contributed by atoms with E-state index in [9.17, 15) is 24.3 Å². The number of amides is 2. The van der Waals surface area contributed by atoms with Gasteiger partial charge in [-0.2, -0.15) is 0 Å². The summed E-state index contributed by atoms with van der Waals surface area (Å²) in [6.07, 6.45) is 0. The number of aliphatic carboxylic acids is 1. The Labute approximate surface area is 192 Å². The molecule has 2 aliphatic rings. The van der Waals surface area contributed by atoms with E-state index in [2.05, 4.69) is 5.32 Å². The molecule has 0 spiro atoms. The van der Waals surface area contributed by atoms with Crippen molar-refractivity contribution in [2.24, 2.45) is 5.73 Å². The van der Waals surface area contributed by atoms with Crippen LogP contribution in [0.3, 0.4) is 0 Å². The van der Waals surface area contributed by atoms with Gasteiger partial charge in [0.05, 0.1) is 0 Å². The zero-order valence-corrected chi connectivity index (χ0v) is 18.3. The number of carbonyl (C=O) groups is 4. The second-order valence-electron chi connectivity index (χ2n) is 7.12. The zero-order valence-electron chi connectivity index (χ0n) is 16.6. The molecule has 1 fully saturated rings. The molecule has 0 saturated carbocycles. The summed E-state index contributed by atoms with van der Waals surface area (Å²) < 4.78 is 0. The predicted octanol–water partition coefficient (Wildman–Crippen LogP) is 1.74. The van der Waals surface area contributed by atoms with Crippen LogP contribution in [-0.4, -0.2) is 50.1 Å². The molecule has 2 aliphatic heterocycles. The van der Waals surface area contributed by atoms with Crippen LogP contribution in [0.5, 0.6) is 0 Å². The average molecular weight is 470 g/mol. The highest BCUT2D eigenvalue weighted by Gasteiger charge is 2.55. The normalized spacial score (nSPS) is 20.8. The monoisotopic (exact) mass is 469 g/mol. The lowest BCUT2D eigenvalue weighted by atomic mass is 10.0. The first-order valence-electron chi connectivity index (χ1n) is 9.67. The number of hydrogen-bond acceptors (Lipinski definition) is 7. The fourth-order valence-electron chi connectivity index (χ4n) is 3.49. The van der Waals surface area contributed by atoms with Gasteiger partial charge in [0, 0.05) is 16.2 Å². The van der Waals surface area contributed by atoms with Crippen molar-refractivity contribution in [1.82, 2.24) is 10.2 Å². The molecule has 0 bridgehead atoms. The number of nitrogens with zero attached hydrogens (tertiary/aromatic N) is 1. The number of hydrogen-bond donors (Lipinski definition) is 3. The molecule has 2 heterocycles. The molecule has 0 aliphatic carbocycles. The van der Waals surface area contributed by atoms with Crippen LogP contribution in [0, 0.1) is 0 Å². The van der Waals surface area contributed by atoms with Gasteiger partial charge in [-0.3, -0.25) is 19.3 Å². The third kappa shape index (κ3) is 4.16. The molecule has 4 rings (SSSR count). The maximum Gasteiger partial charge on any atom is 0.353 e. The molecule has 3 atom stereocenters. The second-order valence-corrected chi connectivity index (χ2v) is 9.27. The molecule has 0 aromatic heterocycles. The lowest BCUT2D eigenvalue weighted by Crippen LogP contribution is -2.71. The Morgan fingerprint density at radius 1 is 1.09 bits per heavy atom. The van der Waals surface area contributed by atoms with Gasteiger partial charge in [-0.05, 0) is 29.5 Å². The molecule has 1 saturated heterocycles. The van der Waals surface area contributed by atoms with Crippen molar-refractivity contribution in [1.29, 1.82) is 0 Å². The molecular formula is C22H19N3O5S2. The van der Waals surface area contributed by atoms with E-state index < -0.39 is 40.4 Å². The van der Waals surface area contributed by atoms with Crippen molar-refractivity contribution < 1.29 is 24.3 Å². The number of thioether (sulfide) groups is 2. The van der Waals surface area contributed by atoms with Crippen molar-refractivity contribution in [2.75, 3.05) is 5.75 Å². The molecule has 2 aromatic carbocycles. The van der Waals surface area contributed by atoms with Gasteiger partial charge in [0.1, 0.15) is 23.2 Å². The lowest BCUT2D eigenvalue weighted by molar-refractivity contribution is -0.151. The summed E-state index contributed by atoms with van der Waals surface area (Å²) in [6.45, 7) is 0. The summed E-state index contributed by atoms with van der Waals surface area (Å²) in [5.74, 6) is -2.35. The molecule has 2 amide bonds. The fourth-order valence-corrected chi connectivity index (χ4v) is 5.72. The fraction of sp³-hybridized carbons (Fsp3) is 0.182. The van der Waals surface area contributed by atoms with Gasteiger partial charge in [-0.15, -0.1) is 11.8 Å². The molecule has 2 unspecified atom stereocenters. The predicted molar refractivity (Wildman–Crippen MR) is 120 cm³/mol. The Bertz CT molecular complexity index is 1110. The Morgan fingerprint density at radius 2 is 1.72 bits per heavy atom. The first-order valence-corrected chi connectivity index (χ1v) is 11.5. The maximum absolute atomic E-state index is 12.8. The van der Waals surface area contributed by atoms with Crippen LogP contribution < -0.4 is 11.1 Å². The van der Waals surface area contributed by atoms with E-state index >= 15 is 0 Å². The Morgan fingerprint density at radius 3 is 2.34 bits per heavy atom. The van der Waals surface area contributed by atoms with Crippen LogP contribution >= 0.6 is 23.5 Å². The summed E-state index contributed by atoms with van der Waals surface area (Å²) in [4.78, 5) is 51.8. The van der Waals surface area contributed by atoms with Gasteiger partial charge in [0.15, 0.2) is 0 Å². The number of carbonyl (C=O) groups excluding carboxylic acids is 3. The highest BCUT2D eigenvalue weighted by atomic mass is 32.2. The highest BCUT2D eigenvalue weighted by molar-refractivity contribution is 8.14. The van der Waals surface area contributed by atoms with Crippen LogP contribution in [0.25, 0.3) is 0 Å². The molecular weight excluding hydrogens is 450 g/mol. The highest BCUT2D eigenvalue weighted by Crippen LogP contribution is 2.42. The second kappa shape index (κ2) is 9.19. The lowest BCUT2D eigenvalue weighted by Gasteiger charge is -2.49. The van der Waals surface area contributed by atoms with Crippen molar-refractivity contribution >= 4 is 46.4 Å². The maximum atomic E-state index is 12.8. The van der Waals surface area contributed by atoms with Crippen molar-refractivity contribution in [3.63, 3.8) is 0 Å². The Balaban J connectivity index is 1.50. The quantitative estimate of drug-likeness (QED) is 0.431. The van der Waals surface area contributed by atoms with Crippen molar-refractivity contribution in [3.05, 3.63) is 77.5 Å². The van der Waals surface area contributed by atoms with Crippen molar-refractivity contribution in [2.45, 2.75) is 22.4 Å². The summed E-state index contributed by atoms with van der Waals surface area (Å²) in [7, 11) is 0. The van der Waals surface area contributed by atoms with Gasteiger partial charge < -0.3 is 16.2 Å². The van der Waals surface area contributed by atoms with Gasteiger partial charge in [0.25, 0.3) is 5.91 Å². The standard InChI is InChI=1S/C22H19N3O5S2/c23-15(12-7-3-1-4-8-12)18(26)24-16-19(27)25-17(21(28)29)14(11-31-20(16)25)22(30)32-13-9-5-2-6-10-13/h1-10,15-16,20H,11,23H2,(H,24,26)(H,28,29)/t15?,16?,20-/m0/s1. The van der Waals surface area contributed by atoms with Crippen LogP contribution in [0.1, 0.15) is 11.6 Å². The van der Waals surface area contributed by atoms with Gasteiger partial charge >= 0.3 is 5.97 Å². The van der Waals surface area contributed by atoms with Crippen LogP contribution in [0.15, 0.2) is 76.8 Å². The summed E-state index contributed by atoms with van der Waals surface area (Å²) in [5.41, 5.74) is 6.33. The van der Waals surface area contributed by atoms with Gasteiger partial charge in [-0.1, -0.05) is 48.5 Å². The van der Waals surface area contributed by atoms with E-state index in [1.165, 1.54) is 11.8 Å². The van der Waals surface area contributed by atoms with Crippen LogP contribution in [0.2, 0.25) is 0 Å². The topological polar surface area (TPSA) is 130 Å². The van der Waals surface area contributed by atoms with E-state index in [1.54, 1.807) is 54.6 Å². The average Bonchev–Trinajstić information content (AvgIpc) is 2.81. The molecule has 4 N–H and O–H groups in total. The Hall–Kier alpha value is -3.08. The van der Waals surface area contributed by atoms with Crippen LogP contribution in [-0.2, 0) is 19.2 Å². The first-order chi connectivity index (χ1) is 15.4. The summed E-state index contributed by atoms with van der Waals surface area (Å²) >= 11 is 2.15.